The van der Waals surface area contributed by atoms with E-state index in [0.717, 1.165) is 38.0 Å². The van der Waals surface area contributed by atoms with E-state index in [1.807, 2.05) is 35.2 Å². The lowest BCUT2D eigenvalue weighted by molar-refractivity contribution is -0.384. The fourth-order valence-corrected chi connectivity index (χ4v) is 4.32. The molecule has 1 aliphatic heterocycles. The highest BCUT2D eigenvalue weighted by molar-refractivity contribution is 6.34. The van der Waals surface area contributed by atoms with Crippen molar-refractivity contribution in [3.8, 4) is 5.69 Å². The molecule has 10 heteroatoms. The summed E-state index contributed by atoms with van der Waals surface area (Å²) in [5.74, 6) is -0.495. The molecule has 9 nitrogen and oxygen atoms in total. The van der Waals surface area contributed by atoms with Gasteiger partial charge < -0.3 is 10.2 Å². The quantitative estimate of drug-likeness (QED) is 0.312. The average Bonchev–Trinajstić information content (AvgIpc) is 3.27. The van der Waals surface area contributed by atoms with Gasteiger partial charge in [-0.3, -0.25) is 14.9 Å². The van der Waals surface area contributed by atoms with Crippen LogP contribution in [-0.2, 0) is 0 Å². The summed E-state index contributed by atoms with van der Waals surface area (Å²) >= 11 is 6.39. The van der Waals surface area contributed by atoms with E-state index in [1.165, 1.54) is 10.9 Å². The van der Waals surface area contributed by atoms with Gasteiger partial charge in [0, 0.05) is 24.7 Å². The number of nitro groups is 1. The zero-order chi connectivity index (χ0) is 23.7. The Bertz CT molecular complexity index is 1380. The predicted octanol–water partition coefficient (Wildman–Crippen LogP) is 5.22. The van der Waals surface area contributed by atoms with Crippen LogP contribution in [0.5, 0.6) is 0 Å². The standard InChI is InChI=1S/C24H21ClN6O3/c25-18-14-20-21(28-30(27-20)17-7-3-1-4-8-17)15-19(18)26-24(32)16-9-10-22(23(13-16)31(33)34)29-11-5-2-6-12-29/h1,3-4,7-10,13-15H,2,5-6,11-12H2,(H,26,32). The van der Waals surface area contributed by atoms with Gasteiger partial charge >= 0.3 is 0 Å². The number of aromatic nitrogens is 3. The minimum absolute atomic E-state index is 0.0816. The van der Waals surface area contributed by atoms with Gasteiger partial charge in [-0.15, -0.1) is 10.2 Å². The lowest BCUT2D eigenvalue weighted by Gasteiger charge is -2.28. The van der Waals surface area contributed by atoms with Gasteiger partial charge in [0.2, 0.25) is 0 Å². The van der Waals surface area contributed by atoms with Crippen molar-refractivity contribution in [1.82, 2.24) is 15.0 Å². The molecular formula is C24H21ClN6O3. The summed E-state index contributed by atoms with van der Waals surface area (Å²) < 4.78 is 0. The Labute approximate surface area is 200 Å². The molecule has 1 aromatic heterocycles. The van der Waals surface area contributed by atoms with Crippen LogP contribution in [-0.4, -0.2) is 38.9 Å². The SMILES string of the molecule is O=C(Nc1cc2nn(-c3ccccc3)nc2cc1Cl)c1ccc(N2CCCCC2)c([N+](=O)[O-])c1. The molecule has 0 radical (unpaired) electrons. The lowest BCUT2D eigenvalue weighted by atomic mass is 10.1. The molecule has 2 heterocycles. The van der Waals surface area contributed by atoms with E-state index in [1.54, 1.807) is 24.3 Å². The number of nitrogens with zero attached hydrogens (tertiary/aromatic N) is 5. The highest BCUT2D eigenvalue weighted by Crippen LogP contribution is 2.32. The number of hydrogen-bond donors (Lipinski definition) is 1. The van der Waals surface area contributed by atoms with Crippen LogP contribution in [0.15, 0.2) is 60.7 Å². The molecule has 0 spiro atoms. The third kappa shape index (κ3) is 4.29. The zero-order valence-corrected chi connectivity index (χ0v) is 18.9. The number of anilines is 2. The van der Waals surface area contributed by atoms with Gasteiger partial charge in [-0.25, -0.2) is 0 Å². The first-order chi connectivity index (χ1) is 16.5. The first-order valence-electron chi connectivity index (χ1n) is 11.0. The van der Waals surface area contributed by atoms with Crippen molar-refractivity contribution in [3.63, 3.8) is 0 Å². The number of rotatable bonds is 5. The van der Waals surface area contributed by atoms with Crippen molar-refractivity contribution in [2.75, 3.05) is 23.3 Å². The summed E-state index contributed by atoms with van der Waals surface area (Å²) in [4.78, 5) is 27.7. The van der Waals surface area contributed by atoms with E-state index in [4.69, 9.17) is 11.6 Å². The molecule has 0 unspecified atom stereocenters. The fourth-order valence-electron chi connectivity index (χ4n) is 4.12. The molecule has 0 atom stereocenters. The molecule has 1 N–H and O–H groups in total. The molecule has 4 aromatic rings. The minimum atomic E-state index is -0.495. The molecule has 1 saturated heterocycles. The second kappa shape index (κ2) is 9.11. The molecule has 3 aromatic carbocycles. The number of piperidine rings is 1. The highest BCUT2D eigenvalue weighted by atomic mass is 35.5. The van der Waals surface area contributed by atoms with E-state index in [-0.39, 0.29) is 11.3 Å². The second-order valence-corrected chi connectivity index (χ2v) is 8.52. The van der Waals surface area contributed by atoms with Crippen LogP contribution in [0.2, 0.25) is 5.02 Å². The van der Waals surface area contributed by atoms with Gasteiger partial charge in [0.15, 0.2) is 0 Å². The Morgan fingerprint density at radius 3 is 2.38 bits per heavy atom. The van der Waals surface area contributed by atoms with Crippen LogP contribution in [0.4, 0.5) is 17.1 Å². The number of fused-ring (bicyclic) bond motifs is 1. The Morgan fingerprint density at radius 2 is 1.68 bits per heavy atom. The highest BCUT2D eigenvalue weighted by Gasteiger charge is 2.23. The smallest absolute Gasteiger partial charge is 0.293 e. The van der Waals surface area contributed by atoms with Crippen molar-refractivity contribution in [2.24, 2.45) is 0 Å². The van der Waals surface area contributed by atoms with Gasteiger partial charge in [-0.1, -0.05) is 29.8 Å². The van der Waals surface area contributed by atoms with Gasteiger partial charge in [0.25, 0.3) is 11.6 Å². The molecule has 0 aliphatic carbocycles. The number of amides is 1. The molecule has 5 rings (SSSR count). The van der Waals surface area contributed by atoms with Crippen molar-refractivity contribution in [2.45, 2.75) is 19.3 Å². The molecule has 1 fully saturated rings. The van der Waals surface area contributed by atoms with Crippen molar-refractivity contribution < 1.29 is 9.72 Å². The Balaban J connectivity index is 1.42. The summed E-state index contributed by atoms with van der Waals surface area (Å²) in [7, 11) is 0. The Hall–Kier alpha value is -3.98. The number of nitrogens with one attached hydrogen (secondary N) is 1. The Morgan fingerprint density at radius 1 is 0.971 bits per heavy atom. The van der Waals surface area contributed by atoms with E-state index in [0.29, 0.717) is 27.4 Å². The third-order valence-electron chi connectivity index (χ3n) is 5.84. The third-order valence-corrected chi connectivity index (χ3v) is 6.15. The van der Waals surface area contributed by atoms with E-state index in [2.05, 4.69) is 15.5 Å². The van der Waals surface area contributed by atoms with E-state index in [9.17, 15) is 14.9 Å². The summed E-state index contributed by atoms with van der Waals surface area (Å²) in [6.45, 7) is 1.54. The molecule has 0 saturated carbocycles. The maximum absolute atomic E-state index is 12.9. The number of carbonyl (C=O) groups excluding carboxylic acids is 1. The maximum Gasteiger partial charge on any atom is 0.293 e. The molecule has 0 bridgehead atoms. The summed E-state index contributed by atoms with van der Waals surface area (Å²) in [6.07, 6.45) is 3.11. The molecule has 34 heavy (non-hydrogen) atoms. The van der Waals surface area contributed by atoms with E-state index < -0.39 is 10.8 Å². The number of benzene rings is 3. The van der Waals surface area contributed by atoms with Crippen LogP contribution in [0.1, 0.15) is 29.6 Å². The number of hydrogen-bond acceptors (Lipinski definition) is 6. The van der Waals surface area contributed by atoms with Crippen LogP contribution in [0, 0.1) is 10.1 Å². The zero-order valence-electron chi connectivity index (χ0n) is 18.1. The van der Waals surface area contributed by atoms with Gasteiger partial charge in [0.05, 0.1) is 21.3 Å². The summed E-state index contributed by atoms with van der Waals surface area (Å²) in [6, 6.07) is 17.3. The lowest BCUT2D eigenvalue weighted by Crippen LogP contribution is -2.30. The maximum atomic E-state index is 12.9. The summed E-state index contributed by atoms with van der Waals surface area (Å²) in [5.41, 5.74) is 2.91. The Kier molecular flexibility index (Phi) is 5.85. The van der Waals surface area contributed by atoms with Crippen LogP contribution in [0.25, 0.3) is 16.7 Å². The first kappa shape index (κ1) is 21.8. The topological polar surface area (TPSA) is 106 Å². The van der Waals surface area contributed by atoms with Gasteiger partial charge in [-0.2, -0.15) is 4.80 Å². The van der Waals surface area contributed by atoms with Gasteiger partial charge in [0.1, 0.15) is 16.7 Å². The van der Waals surface area contributed by atoms with Crippen LogP contribution in [0.3, 0.4) is 0 Å². The molecule has 1 amide bonds. The predicted molar refractivity (Wildman–Crippen MR) is 131 cm³/mol. The van der Waals surface area contributed by atoms with Crippen LogP contribution < -0.4 is 10.2 Å². The minimum Gasteiger partial charge on any atom is -0.366 e. The van der Waals surface area contributed by atoms with Crippen molar-refractivity contribution >= 4 is 45.6 Å². The molecule has 172 valence electrons. The summed E-state index contributed by atoms with van der Waals surface area (Å²) in [5, 5.41) is 23.7. The largest absolute Gasteiger partial charge is 0.366 e. The first-order valence-corrected chi connectivity index (χ1v) is 11.3. The van der Waals surface area contributed by atoms with Crippen molar-refractivity contribution in [1.29, 1.82) is 0 Å². The normalized spacial score (nSPS) is 13.7. The number of nitro benzene ring substituents is 1. The molecular weight excluding hydrogens is 456 g/mol. The molecule has 1 aliphatic rings. The number of halogens is 1. The second-order valence-electron chi connectivity index (χ2n) is 8.11. The van der Waals surface area contributed by atoms with Crippen molar-refractivity contribution in [3.05, 3.63) is 81.4 Å². The van der Waals surface area contributed by atoms with Crippen LogP contribution >= 0.6 is 11.6 Å². The van der Waals surface area contributed by atoms with Gasteiger partial charge in [-0.05, 0) is 55.7 Å². The monoisotopic (exact) mass is 476 g/mol. The van der Waals surface area contributed by atoms with E-state index >= 15 is 0 Å². The number of para-hydroxylation sites is 1. The number of carbonyl (C=O) groups is 1. The fraction of sp³-hybridized carbons (Fsp3) is 0.208. The average molecular weight is 477 g/mol.